The first-order valence-electron chi connectivity index (χ1n) is 14.0. The highest BCUT2D eigenvalue weighted by molar-refractivity contribution is 6.07. The molecule has 1 aliphatic heterocycles. The number of amides is 2. The maximum absolute atomic E-state index is 14.0. The molecule has 1 fully saturated rings. The molecule has 3 N–H and O–H groups in total. The summed E-state index contributed by atoms with van der Waals surface area (Å²) in [5, 5.41) is 9.28. The van der Waals surface area contributed by atoms with Crippen LogP contribution in [0.15, 0.2) is 48.5 Å². The van der Waals surface area contributed by atoms with E-state index in [4.69, 9.17) is 14.2 Å². The molecule has 9 heteroatoms. The predicted molar refractivity (Wildman–Crippen MR) is 156 cm³/mol. The largest absolute Gasteiger partial charge is 0.496 e. The lowest BCUT2D eigenvalue weighted by atomic mass is 9.92. The van der Waals surface area contributed by atoms with E-state index in [-0.39, 0.29) is 18.6 Å². The van der Waals surface area contributed by atoms with Crippen molar-refractivity contribution in [3.63, 3.8) is 0 Å². The zero-order valence-electron chi connectivity index (χ0n) is 23.9. The fraction of sp³-hybridized carbons (Fsp3) is 0.375. The van der Waals surface area contributed by atoms with Crippen LogP contribution in [0.4, 0.5) is 20.6 Å². The molecule has 3 aromatic rings. The second kappa shape index (κ2) is 11.7. The first-order valence-corrected chi connectivity index (χ1v) is 14.0. The minimum atomic E-state index is -0.805. The third kappa shape index (κ3) is 6.24. The molecule has 0 spiro atoms. The van der Waals surface area contributed by atoms with Crippen LogP contribution in [0.2, 0.25) is 0 Å². The number of halogens is 1. The molecular weight excluding hydrogens is 525 g/mol. The Morgan fingerprint density at radius 2 is 1.78 bits per heavy atom. The van der Waals surface area contributed by atoms with Crippen LogP contribution in [-0.2, 0) is 11.4 Å². The fourth-order valence-electron chi connectivity index (χ4n) is 5.35. The van der Waals surface area contributed by atoms with Gasteiger partial charge in [-0.2, -0.15) is 0 Å². The maximum Gasteiger partial charge on any atom is 0.412 e. The van der Waals surface area contributed by atoms with E-state index < -0.39 is 17.4 Å². The highest BCUT2D eigenvalue weighted by atomic mass is 19.1. The molecule has 41 heavy (non-hydrogen) atoms. The van der Waals surface area contributed by atoms with E-state index in [0.29, 0.717) is 34.1 Å². The number of rotatable bonds is 7. The van der Waals surface area contributed by atoms with E-state index in [2.05, 4.69) is 16.0 Å². The fourth-order valence-corrected chi connectivity index (χ4v) is 5.35. The van der Waals surface area contributed by atoms with E-state index in [1.165, 1.54) is 18.6 Å². The molecular formula is C32H36FN3O5. The van der Waals surface area contributed by atoms with Gasteiger partial charge in [0, 0.05) is 29.3 Å². The van der Waals surface area contributed by atoms with Crippen molar-refractivity contribution in [3.8, 4) is 28.4 Å². The van der Waals surface area contributed by atoms with Crippen molar-refractivity contribution >= 4 is 23.4 Å². The molecule has 2 amide bonds. The minimum Gasteiger partial charge on any atom is -0.496 e. The zero-order valence-corrected chi connectivity index (χ0v) is 23.9. The van der Waals surface area contributed by atoms with Crippen LogP contribution in [-0.4, -0.2) is 30.7 Å². The second-order valence-electron chi connectivity index (χ2n) is 11.1. The van der Waals surface area contributed by atoms with Crippen LogP contribution < -0.4 is 30.2 Å². The number of methoxy groups -OCH3 is 1. The van der Waals surface area contributed by atoms with Crippen LogP contribution in [0.5, 0.6) is 17.2 Å². The molecule has 0 radical (unpaired) electrons. The molecule has 0 bridgehead atoms. The van der Waals surface area contributed by atoms with Gasteiger partial charge in [0.25, 0.3) is 0 Å². The summed E-state index contributed by atoms with van der Waals surface area (Å²) in [5.41, 5.74) is 3.44. The molecule has 2 aliphatic rings. The Balaban J connectivity index is 1.48. The first-order chi connectivity index (χ1) is 19.6. The SMILES string of the molecule is COc1cc(OC(=O)NC2CCCCC2)ccc1-c1ccc2c(c1COc1cc(F)ccc1C)NC(=O)C(C)(C)N2. The summed E-state index contributed by atoms with van der Waals surface area (Å²) < 4.78 is 31.4. The van der Waals surface area contributed by atoms with Gasteiger partial charge >= 0.3 is 6.09 Å². The van der Waals surface area contributed by atoms with Crippen molar-refractivity contribution in [2.75, 3.05) is 17.7 Å². The van der Waals surface area contributed by atoms with E-state index in [1.807, 2.05) is 25.1 Å². The van der Waals surface area contributed by atoms with Gasteiger partial charge in [0.2, 0.25) is 5.91 Å². The van der Waals surface area contributed by atoms with E-state index in [9.17, 15) is 14.0 Å². The number of aryl methyl sites for hydroxylation is 1. The molecule has 5 rings (SSSR count). The molecule has 0 unspecified atom stereocenters. The minimum absolute atomic E-state index is 0.0520. The number of fused-ring (bicyclic) bond motifs is 1. The third-order valence-corrected chi connectivity index (χ3v) is 7.69. The molecule has 1 aliphatic carbocycles. The topological polar surface area (TPSA) is 97.9 Å². The lowest BCUT2D eigenvalue weighted by Crippen LogP contribution is -2.47. The Morgan fingerprint density at radius 1 is 1.02 bits per heavy atom. The van der Waals surface area contributed by atoms with Crippen molar-refractivity contribution in [1.29, 1.82) is 0 Å². The van der Waals surface area contributed by atoms with Crippen LogP contribution in [0, 0.1) is 12.7 Å². The number of carbonyl (C=O) groups excluding carboxylic acids is 2. The summed E-state index contributed by atoms with van der Waals surface area (Å²) in [6.45, 7) is 5.50. The van der Waals surface area contributed by atoms with Gasteiger partial charge in [-0.25, -0.2) is 9.18 Å². The Hall–Kier alpha value is -4.27. The van der Waals surface area contributed by atoms with Crippen molar-refractivity contribution in [2.24, 2.45) is 0 Å². The quantitative estimate of drug-likeness (QED) is 0.289. The highest BCUT2D eigenvalue weighted by Crippen LogP contribution is 2.43. The Labute approximate surface area is 239 Å². The number of carbonyl (C=O) groups is 2. The number of anilines is 2. The van der Waals surface area contributed by atoms with Gasteiger partial charge in [-0.1, -0.05) is 31.4 Å². The number of hydrogen-bond acceptors (Lipinski definition) is 6. The molecule has 0 aromatic heterocycles. The molecule has 0 atom stereocenters. The van der Waals surface area contributed by atoms with Gasteiger partial charge in [0.05, 0.1) is 18.5 Å². The number of hydrogen-bond donors (Lipinski definition) is 3. The first kappa shape index (κ1) is 28.3. The van der Waals surface area contributed by atoms with Gasteiger partial charge in [0.15, 0.2) is 0 Å². The van der Waals surface area contributed by atoms with Gasteiger partial charge in [-0.3, -0.25) is 4.79 Å². The third-order valence-electron chi connectivity index (χ3n) is 7.69. The Morgan fingerprint density at radius 3 is 2.54 bits per heavy atom. The molecule has 0 saturated heterocycles. The highest BCUT2D eigenvalue weighted by Gasteiger charge is 2.35. The molecule has 1 heterocycles. The number of ether oxygens (including phenoxy) is 3. The van der Waals surface area contributed by atoms with E-state index in [1.54, 1.807) is 39.2 Å². The van der Waals surface area contributed by atoms with Crippen molar-refractivity contribution < 1.29 is 28.2 Å². The van der Waals surface area contributed by atoms with Crippen LogP contribution in [0.3, 0.4) is 0 Å². The molecule has 8 nitrogen and oxygen atoms in total. The molecule has 216 valence electrons. The van der Waals surface area contributed by atoms with Crippen LogP contribution >= 0.6 is 0 Å². The van der Waals surface area contributed by atoms with Crippen molar-refractivity contribution in [1.82, 2.24) is 5.32 Å². The summed E-state index contributed by atoms with van der Waals surface area (Å²) in [6, 6.07) is 13.5. The summed E-state index contributed by atoms with van der Waals surface area (Å²) >= 11 is 0. The monoisotopic (exact) mass is 561 g/mol. The molecule has 1 saturated carbocycles. The lowest BCUT2D eigenvalue weighted by molar-refractivity contribution is -0.119. The van der Waals surface area contributed by atoms with Crippen molar-refractivity contribution in [2.45, 2.75) is 71.1 Å². The molecule has 3 aromatic carbocycles. The summed E-state index contributed by atoms with van der Waals surface area (Å²) in [7, 11) is 1.54. The summed E-state index contributed by atoms with van der Waals surface area (Å²) in [5.74, 6) is 0.643. The van der Waals surface area contributed by atoms with Gasteiger partial charge in [-0.05, 0) is 69.0 Å². The second-order valence-corrected chi connectivity index (χ2v) is 11.1. The van der Waals surface area contributed by atoms with Gasteiger partial charge in [-0.15, -0.1) is 0 Å². The van der Waals surface area contributed by atoms with Crippen molar-refractivity contribution in [3.05, 3.63) is 65.5 Å². The number of nitrogens with one attached hydrogen (secondary N) is 3. The average molecular weight is 562 g/mol. The van der Waals surface area contributed by atoms with Crippen LogP contribution in [0.25, 0.3) is 11.1 Å². The van der Waals surface area contributed by atoms with Gasteiger partial charge in [0.1, 0.15) is 35.2 Å². The number of benzene rings is 3. The maximum atomic E-state index is 14.0. The zero-order chi connectivity index (χ0) is 29.1. The summed E-state index contributed by atoms with van der Waals surface area (Å²) in [4.78, 5) is 25.5. The average Bonchev–Trinajstić information content (AvgIpc) is 2.94. The van der Waals surface area contributed by atoms with Gasteiger partial charge < -0.3 is 30.2 Å². The predicted octanol–water partition coefficient (Wildman–Crippen LogP) is 6.95. The van der Waals surface area contributed by atoms with E-state index >= 15 is 0 Å². The Kier molecular flexibility index (Phi) is 8.06. The summed E-state index contributed by atoms with van der Waals surface area (Å²) in [6.07, 6.45) is 4.83. The Bertz CT molecular complexity index is 1470. The smallest absolute Gasteiger partial charge is 0.412 e. The van der Waals surface area contributed by atoms with E-state index in [0.717, 1.165) is 42.5 Å². The normalized spacial score (nSPS) is 16.2. The van der Waals surface area contributed by atoms with Crippen LogP contribution in [0.1, 0.15) is 57.1 Å². The lowest BCUT2D eigenvalue weighted by Gasteiger charge is -2.34. The standard InChI is InChI=1S/C32H36FN3O5/c1-19-10-11-20(33)16-27(19)40-18-25-23(14-15-26-29(25)35-30(37)32(2,3)36-26)24-13-12-22(17-28(24)39-4)41-31(38)34-21-8-6-5-7-9-21/h10-17,21,36H,5-9,18H2,1-4H3,(H,34,38)(H,35,37).